The third-order valence-electron chi connectivity index (χ3n) is 2.51. The largest absolute Gasteiger partial charge is 0.302 e. The van der Waals surface area contributed by atoms with Gasteiger partial charge in [-0.3, -0.25) is 4.79 Å². The first-order valence-electron chi connectivity index (χ1n) is 4.46. The number of hydrogen-bond acceptors (Lipinski definition) is 2. The quantitative estimate of drug-likeness (QED) is 0.580. The molecule has 0 saturated carbocycles. The number of hydrogen-bond donors (Lipinski definition) is 0. The minimum atomic E-state index is 0.213. The summed E-state index contributed by atoms with van der Waals surface area (Å²) in [6.07, 6.45) is 6.38. The lowest BCUT2D eigenvalue weighted by Gasteiger charge is -2.30. The van der Waals surface area contributed by atoms with Crippen molar-refractivity contribution in [3.63, 3.8) is 0 Å². The SMILES string of the molecule is CC(=O)C1CCC=CC1N(C)C. The fraction of sp³-hybridized carbons (Fsp3) is 0.700. The molecule has 2 nitrogen and oxygen atoms in total. The number of ketones is 1. The Hall–Kier alpha value is -0.630. The molecular formula is C10H17NO. The van der Waals surface area contributed by atoms with Crippen LogP contribution in [0.2, 0.25) is 0 Å². The van der Waals surface area contributed by atoms with Gasteiger partial charge >= 0.3 is 0 Å². The summed E-state index contributed by atoms with van der Waals surface area (Å²) in [7, 11) is 4.05. The van der Waals surface area contributed by atoms with E-state index in [9.17, 15) is 4.79 Å². The van der Waals surface area contributed by atoms with Gasteiger partial charge in [-0.05, 0) is 33.9 Å². The minimum Gasteiger partial charge on any atom is -0.302 e. The van der Waals surface area contributed by atoms with Gasteiger partial charge in [-0.1, -0.05) is 12.2 Å². The fourth-order valence-electron chi connectivity index (χ4n) is 1.79. The highest BCUT2D eigenvalue weighted by Crippen LogP contribution is 2.22. The Balaban J connectivity index is 2.72. The average molecular weight is 167 g/mol. The van der Waals surface area contributed by atoms with Crippen LogP contribution in [0.4, 0.5) is 0 Å². The zero-order chi connectivity index (χ0) is 9.14. The van der Waals surface area contributed by atoms with Crippen LogP contribution in [0.3, 0.4) is 0 Å². The summed E-state index contributed by atoms with van der Waals surface area (Å²) >= 11 is 0. The topological polar surface area (TPSA) is 20.3 Å². The Labute approximate surface area is 74.2 Å². The van der Waals surface area contributed by atoms with Crippen LogP contribution < -0.4 is 0 Å². The minimum absolute atomic E-state index is 0.213. The van der Waals surface area contributed by atoms with Crippen molar-refractivity contribution in [1.82, 2.24) is 4.90 Å². The molecule has 0 aromatic heterocycles. The van der Waals surface area contributed by atoms with Crippen molar-refractivity contribution in [1.29, 1.82) is 0 Å². The Morgan fingerprint density at radius 3 is 2.58 bits per heavy atom. The van der Waals surface area contributed by atoms with E-state index >= 15 is 0 Å². The maximum atomic E-state index is 11.3. The van der Waals surface area contributed by atoms with Gasteiger partial charge < -0.3 is 4.90 Å². The summed E-state index contributed by atoms with van der Waals surface area (Å²) in [6.45, 7) is 1.69. The van der Waals surface area contributed by atoms with Crippen LogP contribution in [0.5, 0.6) is 0 Å². The third-order valence-corrected chi connectivity index (χ3v) is 2.51. The molecule has 1 aliphatic carbocycles. The lowest BCUT2D eigenvalue weighted by Crippen LogP contribution is -2.38. The second-order valence-corrected chi connectivity index (χ2v) is 3.68. The van der Waals surface area contributed by atoms with Crippen LogP contribution in [-0.4, -0.2) is 30.8 Å². The van der Waals surface area contributed by atoms with Crippen molar-refractivity contribution in [2.24, 2.45) is 5.92 Å². The molecule has 68 valence electrons. The Kier molecular flexibility index (Phi) is 3.04. The number of carbonyl (C=O) groups excluding carboxylic acids is 1. The van der Waals surface area contributed by atoms with Crippen molar-refractivity contribution in [3.05, 3.63) is 12.2 Å². The summed E-state index contributed by atoms with van der Waals surface area (Å²) < 4.78 is 0. The van der Waals surface area contributed by atoms with E-state index in [1.165, 1.54) is 0 Å². The first-order valence-corrected chi connectivity index (χ1v) is 4.46. The molecular weight excluding hydrogens is 150 g/mol. The molecule has 2 heteroatoms. The van der Waals surface area contributed by atoms with Crippen LogP contribution in [0, 0.1) is 5.92 Å². The summed E-state index contributed by atoms with van der Waals surface area (Å²) in [6, 6.07) is 0.316. The van der Waals surface area contributed by atoms with Gasteiger partial charge in [0.05, 0.1) is 0 Å². The molecule has 12 heavy (non-hydrogen) atoms. The van der Waals surface area contributed by atoms with Gasteiger partial charge in [0, 0.05) is 12.0 Å². The number of allylic oxidation sites excluding steroid dienone is 1. The highest BCUT2D eigenvalue weighted by Gasteiger charge is 2.26. The van der Waals surface area contributed by atoms with Crippen molar-refractivity contribution in [3.8, 4) is 0 Å². The van der Waals surface area contributed by atoms with E-state index < -0.39 is 0 Å². The zero-order valence-electron chi connectivity index (χ0n) is 8.08. The van der Waals surface area contributed by atoms with Gasteiger partial charge in [0.25, 0.3) is 0 Å². The molecule has 0 bridgehead atoms. The molecule has 0 spiro atoms. The molecule has 2 atom stereocenters. The Morgan fingerprint density at radius 2 is 2.17 bits per heavy atom. The highest BCUT2D eigenvalue weighted by atomic mass is 16.1. The van der Waals surface area contributed by atoms with Gasteiger partial charge in [0.15, 0.2) is 0 Å². The summed E-state index contributed by atoms with van der Waals surface area (Å²) in [5.74, 6) is 0.531. The predicted octanol–water partition coefficient (Wildman–Crippen LogP) is 1.47. The summed E-state index contributed by atoms with van der Waals surface area (Å²) in [5.41, 5.74) is 0. The molecule has 0 saturated heterocycles. The van der Waals surface area contributed by atoms with E-state index in [2.05, 4.69) is 17.1 Å². The average Bonchev–Trinajstić information content (AvgIpc) is 2.04. The zero-order valence-corrected chi connectivity index (χ0v) is 8.08. The van der Waals surface area contributed by atoms with E-state index in [1.54, 1.807) is 6.92 Å². The monoisotopic (exact) mass is 167 g/mol. The van der Waals surface area contributed by atoms with E-state index in [0.717, 1.165) is 12.8 Å². The van der Waals surface area contributed by atoms with E-state index in [1.807, 2.05) is 14.1 Å². The normalized spacial score (nSPS) is 29.3. The van der Waals surface area contributed by atoms with Crippen LogP contribution >= 0.6 is 0 Å². The molecule has 0 aromatic carbocycles. The van der Waals surface area contributed by atoms with E-state index in [0.29, 0.717) is 11.8 Å². The predicted molar refractivity (Wildman–Crippen MR) is 50.0 cm³/mol. The molecule has 1 rings (SSSR count). The van der Waals surface area contributed by atoms with Gasteiger partial charge in [-0.25, -0.2) is 0 Å². The van der Waals surface area contributed by atoms with E-state index in [-0.39, 0.29) is 5.92 Å². The van der Waals surface area contributed by atoms with Gasteiger partial charge in [0.1, 0.15) is 5.78 Å². The van der Waals surface area contributed by atoms with Crippen LogP contribution in [0.15, 0.2) is 12.2 Å². The molecule has 0 radical (unpaired) electrons. The maximum absolute atomic E-state index is 11.3. The smallest absolute Gasteiger partial charge is 0.134 e. The Morgan fingerprint density at radius 1 is 1.50 bits per heavy atom. The summed E-state index contributed by atoms with van der Waals surface area (Å²) in [4.78, 5) is 13.4. The van der Waals surface area contributed by atoms with Gasteiger partial charge in [0.2, 0.25) is 0 Å². The van der Waals surface area contributed by atoms with Crippen LogP contribution in [-0.2, 0) is 4.79 Å². The molecule has 0 N–H and O–H groups in total. The molecule has 0 fully saturated rings. The Bertz CT molecular complexity index is 196. The van der Waals surface area contributed by atoms with E-state index in [4.69, 9.17) is 0 Å². The van der Waals surface area contributed by atoms with Gasteiger partial charge in [-0.2, -0.15) is 0 Å². The van der Waals surface area contributed by atoms with Crippen molar-refractivity contribution < 1.29 is 4.79 Å². The van der Waals surface area contributed by atoms with Gasteiger partial charge in [-0.15, -0.1) is 0 Å². The number of likely N-dealkylation sites (N-methyl/N-ethyl adjacent to an activating group) is 1. The lowest BCUT2D eigenvalue weighted by atomic mass is 9.86. The lowest BCUT2D eigenvalue weighted by molar-refractivity contribution is -0.122. The molecule has 0 aromatic rings. The van der Waals surface area contributed by atoms with Crippen molar-refractivity contribution in [2.45, 2.75) is 25.8 Å². The standard InChI is InChI=1S/C10H17NO/c1-8(12)9-6-4-5-7-10(9)11(2)3/h5,7,9-10H,4,6H2,1-3H3. The second-order valence-electron chi connectivity index (χ2n) is 3.68. The summed E-state index contributed by atoms with van der Waals surface area (Å²) in [5, 5.41) is 0. The van der Waals surface area contributed by atoms with Crippen LogP contribution in [0.1, 0.15) is 19.8 Å². The number of nitrogens with zero attached hydrogens (tertiary/aromatic N) is 1. The first kappa shape index (κ1) is 9.46. The molecule has 0 aliphatic heterocycles. The molecule has 2 unspecified atom stereocenters. The third kappa shape index (κ3) is 1.95. The maximum Gasteiger partial charge on any atom is 0.134 e. The van der Waals surface area contributed by atoms with Crippen molar-refractivity contribution in [2.75, 3.05) is 14.1 Å². The molecule has 0 amide bonds. The number of carbonyl (C=O) groups is 1. The number of Topliss-reactive ketones (excluding diaryl/α,β-unsaturated/α-hetero) is 1. The second kappa shape index (κ2) is 3.85. The van der Waals surface area contributed by atoms with Crippen molar-refractivity contribution >= 4 is 5.78 Å². The van der Waals surface area contributed by atoms with Crippen LogP contribution in [0.25, 0.3) is 0 Å². The highest BCUT2D eigenvalue weighted by molar-refractivity contribution is 5.79. The number of rotatable bonds is 2. The molecule has 0 heterocycles. The molecule has 1 aliphatic rings. The fourth-order valence-corrected chi connectivity index (χ4v) is 1.79. The first-order chi connectivity index (χ1) is 5.63.